The first-order chi connectivity index (χ1) is 11.8. The Bertz CT molecular complexity index is 744. The summed E-state index contributed by atoms with van der Waals surface area (Å²) in [4.78, 5) is 17.9. The van der Waals surface area contributed by atoms with Crippen molar-refractivity contribution in [1.29, 1.82) is 0 Å². The minimum atomic E-state index is -0.303. The summed E-state index contributed by atoms with van der Waals surface area (Å²) in [5, 5.41) is 15.5. The van der Waals surface area contributed by atoms with Crippen LogP contribution in [-0.4, -0.2) is 29.3 Å². The molecule has 1 aliphatic carbocycles. The largest absolute Gasteiger partial charge is 0.493 e. The van der Waals surface area contributed by atoms with Gasteiger partial charge < -0.3 is 15.2 Å². The third-order valence-corrected chi connectivity index (χ3v) is 5.47. The van der Waals surface area contributed by atoms with Crippen molar-refractivity contribution in [3.05, 3.63) is 40.2 Å². The van der Waals surface area contributed by atoms with Gasteiger partial charge in [0.1, 0.15) is 11.6 Å². The monoisotopic (exact) mass is 345 g/mol. The minimum Gasteiger partial charge on any atom is -0.493 e. The van der Waals surface area contributed by atoms with Crippen molar-refractivity contribution in [3.8, 4) is 5.75 Å². The molecule has 2 heterocycles. The Balaban J connectivity index is 1.50. The van der Waals surface area contributed by atoms with E-state index in [1.54, 1.807) is 16.8 Å². The summed E-state index contributed by atoms with van der Waals surface area (Å²) in [6, 6.07) is 7.00. The van der Waals surface area contributed by atoms with Crippen molar-refractivity contribution in [3.63, 3.8) is 0 Å². The van der Waals surface area contributed by atoms with Crippen molar-refractivity contribution < 1.29 is 14.6 Å². The van der Waals surface area contributed by atoms with Crippen molar-refractivity contribution in [2.45, 2.75) is 24.8 Å². The minimum absolute atomic E-state index is 0.0523. The maximum atomic E-state index is 12.5. The molecule has 7 heteroatoms. The predicted molar refractivity (Wildman–Crippen MR) is 91.5 cm³/mol. The maximum absolute atomic E-state index is 12.5. The van der Waals surface area contributed by atoms with E-state index in [1.807, 2.05) is 24.3 Å². The number of hydrogen-bond acceptors (Lipinski definition) is 5. The van der Waals surface area contributed by atoms with E-state index >= 15 is 0 Å². The fourth-order valence-corrected chi connectivity index (χ4v) is 3.95. The molecule has 3 N–H and O–H groups in total. The van der Waals surface area contributed by atoms with Crippen LogP contribution in [0.5, 0.6) is 5.75 Å². The van der Waals surface area contributed by atoms with E-state index in [2.05, 4.69) is 15.6 Å². The number of amides is 2. The topological polar surface area (TPSA) is 83.5 Å². The first-order valence-electron chi connectivity index (χ1n) is 8.09. The molecule has 24 heavy (non-hydrogen) atoms. The number of aliphatic hydroxyl groups is 1. The molecule has 0 saturated heterocycles. The van der Waals surface area contributed by atoms with Crippen molar-refractivity contribution in [2.75, 3.05) is 18.5 Å². The number of thiazole rings is 1. The lowest BCUT2D eigenvalue weighted by Crippen LogP contribution is -2.42. The number of urea groups is 1. The number of benzene rings is 1. The van der Waals surface area contributed by atoms with Crippen molar-refractivity contribution in [1.82, 2.24) is 10.3 Å². The van der Waals surface area contributed by atoms with Gasteiger partial charge in [0.15, 0.2) is 0 Å². The molecule has 0 radical (unpaired) electrons. The number of nitrogens with zero attached hydrogens (tertiary/aromatic N) is 1. The van der Waals surface area contributed by atoms with E-state index < -0.39 is 0 Å². The summed E-state index contributed by atoms with van der Waals surface area (Å²) in [7, 11) is 0. The van der Waals surface area contributed by atoms with E-state index in [4.69, 9.17) is 4.74 Å². The molecule has 2 atom stereocenters. The van der Waals surface area contributed by atoms with Crippen LogP contribution in [-0.2, 0) is 0 Å². The van der Waals surface area contributed by atoms with Gasteiger partial charge in [-0.1, -0.05) is 18.2 Å². The molecule has 6 nitrogen and oxygen atoms in total. The number of para-hydroxylation sites is 1. The quantitative estimate of drug-likeness (QED) is 0.796. The summed E-state index contributed by atoms with van der Waals surface area (Å²) in [5.41, 5.74) is 2.66. The van der Waals surface area contributed by atoms with Crippen molar-refractivity contribution >= 4 is 23.2 Å². The zero-order valence-corrected chi connectivity index (χ0v) is 13.9. The summed E-state index contributed by atoms with van der Waals surface area (Å²) >= 11 is 1.59. The molecule has 2 aliphatic rings. The number of hydrogen-bond donors (Lipinski definition) is 3. The lowest BCUT2D eigenvalue weighted by molar-refractivity contribution is 0.114. The van der Waals surface area contributed by atoms with Gasteiger partial charge in [-0.3, -0.25) is 5.32 Å². The highest BCUT2D eigenvalue weighted by Gasteiger charge is 2.33. The third kappa shape index (κ3) is 2.97. The summed E-state index contributed by atoms with van der Waals surface area (Å²) in [6.45, 7) is 0.325. The van der Waals surface area contributed by atoms with Crippen LogP contribution < -0.4 is 15.4 Å². The lowest BCUT2D eigenvalue weighted by Gasteiger charge is -2.33. The van der Waals surface area contributed by atoms with Crippen molar-refractivity contribution in [2.24, 2.45) is 5.92 Å². The Morgan fingerprint density at radius 2 is 2.21 bits per heavy atom. The number of rotatable bonds is 4. The number of anilines is 1. The Morgan fingerprint density at radius 1 is 1.38 bits per heavy atom. The number of aromatic nitrogens is 1. The number of fused-ring (bicyclic) bond motifs is 1. The Labute approximate surface area is 143 Å². The van der Waals surface area contributed by atoms with E-state index in [0.717, 1.165) is 16.2 Å². The van der Waals surface area contributed by atoms with Gasteiger partial charge >= 0.3 is 6.03 Å². The van der Waals surface area contributed by atoms with E-state index in [9.17, 15) is 9.90 Å². The Morgan fingerprint density at radius 3 is 3.00 bits per heavy atom. The maximum Gasteiger partial charge on any atom is 0.320 e. The van der Waals surface area contributed by atoms with Gasteiger partial charge in [0.05, 0.1) is 29.6 Å². The summed E-state index contributed by atoms with van der Waals surface area (Å²) in [5.74, 6) is 1.77. The molecular formula is C17H19N3O3S. The molecule has 1 fully saturated rings. The molecule has 1 aromatic carbocycles. The van der Waals surface area contributed by atoms with Gasteiger partial charge in [0.25, 0.3) is 0 Å². The first kappa shape index (κ1) is 15.4. The second kappa shape index (κ2) is 6.41. The summed E-state index contributed by atoms with van der Waals surface area (Å²) in [6.07, 6.45) is 2.33. The van der Waals surface area contributed by atoms with Gasteiger partial charge in [0, 0.05) is 11.5 Å². The van der Waals surface area contributed by atoms with Gasteiger partial charge in [-0.2, -0.15) is 0 Å². The highest BCUT2D eigenvalue weighted by molar-refractivity contribution is 7.10. The molecule has 1 saturated carbocycles. The molecule has 0 unspecified atom stereocenters. The summed E-state index contributed by atoms with van der Waals surface area (Å²) < 4.78 is 5.66. The fourth-order valence-electron chi connectivity index (χ4n) is 3.04. The third-order valence-electron chi connectivity index (χ3n) is 4.47. The Kier molecular flexibility index (Phi) is 4.12. The second-order valence-electron chi connectivity index (χ2n) is 6.21. The zero-order chi connectivity index (χ0) is 16.5. The molecular weight excluding hydrogens is 326 g/mol. The molecule has 1 aliphatic heterocycles. The van der Waals surface area contributed by atoms with Gasteiger partial charge in [0.2, 0.25) is 0 Å². The van der Waals surface area contributed by atoms with Gasteiger partial charge in [-0.05, 0) is 24.8 Å². The first-order valence-corrected chi connectivity index (χ1v) is 8.97. The highest BCUT2D eigenvalue weighted by Crippen LogP contribution is 2.45. The van der Waals surface area contributed by atoms with E-state index in [1.165, 1.54) is 12.8 Å². The number of nitrogens with one attached hydrogen (secondary N) is 2. The van der Waals surface area contributed by atoms with Crippen LogP contribution in [0.15, 0.2) is 29.8 Å². The number of carbonyl (C=O) groups is 1. The number of ether oxygens (including phenoxy) is 1. The smallest absolute Gasteiger partial charge is 0.320 e. The second-order valence-corrected chi connectivity index (χ2v) is 7.09. The molecule has 0 bridgehead atoms. The number of aliphatic hydroxyl groups excluding tert-OH is 1. The standard InChI is InChI=1S/C17H19N3O3S/c21-7-11-8-23-13-4-2-1-3-12(13)14(11)19-17(22)20-16-15(10-5-6-10)24-9-18-16/h1-4,9-11,14,21H,5-8H2,(H2,19,20,22)/t11-,14-/m1/s1. The SMILES string of the molecule is O=C(Nc1ncsc1C1CC1)N[C@H]1c2ccccc2OC[C@H]1CO. The van der Waals surface area contributed by atoms with Crippen LogP contribution in [0.2, 0.25) is 0 Å². The molecule has 2 aromatic rings. The molecule has 1 aromatic heterocycles. The van der Waals surface area contributed by atoms with Crippen LogP contribution in [0.4, 0.5) is 10.6 Å². The lowest BCUT2D eigenvalue weighted by atomic mass is 9.91. The Hall–Kier alpha value is -2.12. The normalized spacial score (nSPS) is 22.4. The zero-order valence-electron chi connectivity index (χ0n) is 13.1. The van der Waals surface area contributed by atoms with Gasteiger partial charge in [-0.15, -0.1) is 11.3 Å². The predicted octanol–water partition coefficient (Wildman–Crippen LogP) is 2.88. The van der Waals surface area contributed by atoms with Crippen LogP contribution in [0.3, 0.4) is 0 Å². The van der Waals surface area contributed by atoms with Crippen LogP contribution in [0, 0.1) is 5.92 Å². The average Bonchev–Trinajstić information content (AvgIpc) is 3.35. The molecule has 2 amide bonds. The van der Waals surface area contributed by atoms with Gasteiger partial charge in [-0.25, -0.2) is 9.78 Å². The average molecular weight is 345 g/mol. The fraction of sp³-hybridized carbons (Fsp3) is 0.412. The van der Waals surface area contributed by atoms with E-state index in [0.29, 0.717) is 18.3 Å². The van der Waals surface area contributed by atoms with Crippen LogP contribution in [0.25, 0.3) is 0 Å². The van der Waals surface area contributed by atoms with E-state index in [-0.39, 0.29) is 24.6 Å². The molecule has 126 valence electrons. The van der Waals surface area contributed by atoms with Crippen LogP contribution in [0.1, 0.15) is 35.2 Å². The molecule has 4 rings (SSSR count). The molecule has 0 spiro atoms. The van der Waals surface area contributed by atoms with Crippen LogP contribution >= 0.6 is 11.3 Å². The highest BCUT2D eigenvalue weighted by atomic mass is 32.1. The number of carbonyl (C=O) groups excluding carboxylic acids is 1.